The van der Waals surface area contributed by atoms with E-state index < -0.39 is 0 Å². The Balaban J connectivity index is 0.000000280. The van der Waals surface area contributed by atoms with Crippen molar-refractivity contribution in [1.29, 1.82) is 0 Å². The molecule has 0 spiro atoms. The molecular formula is C15H21N. The second kappa shape index (κ2) is 6.26. The number of para-hydroxylation sites is 1. The van der Waals surface area contributed by atoms with Gasteiger partial charge in [-0.15, -0.1) is 0 Å². The van der Waals surface area contributed by atoms with Crippen molar-refractivity contribution in [1.82, 2.24) is 0 Å². The fourth-order valence-corrected chi connectivity index (χ4v) is 1.34. The van der Waals surface area contributed by atoms with Gasteiger partial charge in [0.25, 0.3) is 0 Å². The van der Waals surface area contributed by atoms with Gasteiger partial charge in [0.15, 0.2) is 0 Å². The molecule has 1 aliphatic rings. The SMILES string of the molecule is CC(C)C.CC1=Nc2ccccc2C=CC1. The Morgan fingerprint density at radius 2 is 1.75 bits per heavy atom. The third-order valence-electron chi connectivity index (χ3n) is 1.96. The van der Waals surface area contributed by atoms with Gasteiger partial charge in [0.1, 0.15) is 0 Å². The summed E-state index contributed by atoms with van der Waals surface area (Å²) in [5.74, 6) is 0.833. The van der Waals surface area contributed by atoms with Crippen LogP contribution in [0.1, 0.15) is 39.7 Å². The highest BCUT2D eigenvalue weighted by Gasteiger charge is 2.00. The molecule has 0 atom stereocenters. The van der Waals surface area contributed by atoms with Crippen LogP contribution >= 0.6 is 0 Å². The van der Waals surface area contributed by atoms with Gasteiger partial charge < -0.3 is 0 Å². The van der Waals surface area contributed by atoms with Gasteiger partial charge in [-0.3, -0.25) is 4.99 Å². The first-order chi connectivity index (χ1) is 7.59. The summed E-state index contributed by atoms with van der Waals surface area (Å²) in [5, 5.41) is 0. The quantitative estimate of drug-likeness (QED) is 0.586. The topological polar surface area (TPSA) is 12.4 Å². The molecule has 1 aromatic rings. The van der Waals surface area contributed by atoms with Gasteiger partial charge in [-0.1, -0.05) is 51.1 Å². The Morgan fingerprint density at radius 3 is 2.44 bits per heavy atom. The van der Waals surface area contributed by atoms with Crippen LogP contribution in [0.4, 0.5) is 5.69 Å². The fraction of sp³-hybridized carbons (Fsp3) is 0.400. The number of aliphatic imine (C=N–C) groups is 1. The maximum atomic E-state index is 4.49. The van der Waals surface area contributed by atoms with Crippen LogP contribution in [0.15, 0.2) is 35.3 Å². The minimum atomic E-state index is 0.833. The van der Waals surface area contributed by atoms with Crippen LogP contribution in [0.3, 0.4) is 0 Å². The summed E-state index contributed by atoms with van der Waals surface area (Å²) >= 11 is 0. The monoisotopic (exact) mass is 215 g/mol. The summed E-state index contributed by atoms with van der Waals surface area (Å²) in [6, 6.07) is 8.20. The van der Waals surface area contributed by atoms with Gasteiger partial charge in [-0.25, -0.2) is 0 Å². The average molecular weight is 215 g/mol. The Kier molecular flexibility index (Phi) is 4.97. The van der Waals surface area contributed by atoms with Crippen molar-refractivity contribution in [3.8, 4) is 0 Å². The Bertz CT molecular complexity index is 383. The van der Waals surface area contributed by atoms with Gasteiger partial charge in [0.05, 0.1) is 5.69 Å². The summed E-state index contributed by atoms with van der Waals surface area (Å²) in [4.78, 5) is 4.49. The number of hydrogen-bond donors (Lipinski definition) is 0. The van der Waals surface area contributed by atoms with E-state index in [-0.39, 0.29) is 0 Å². The van der Waals surface area contributed by atoms with E-state index >= 15 is 0 Å². The first-order valence-electron chi connectivity index (χ1n) is 5.89. The van der Waals surface area contributed by atoms with Crippen molar-refractivity contribution in [2.24, 2.45) is 10.9 Å². The lowest BCUT2D eigenvalue weighted by molar-refractivity contribution is 0.737. The lowest BCUT2D eigenvalue weighted by Crippen LogP contribution is -1.84. The van der Waals surface area contributed by atoms with Crippen LogP contribution < -0.4 is 0 Å². The van der Waals surface area contributed by atoms with E-state index in [9.17, 15) is 0 Å². The molecule has 0 fully saturated rings. The largest absolute Gasteiger partial charge is 0.257 e. The van der Waals surface area contributed by atoms with E-state index in [2.05, 4.69) is 57.0 Å². The molecule has 1 heterocycles. The Hall–Kier alpha value is -1.37. The second-order valence-corrected chi connectivity index (χ2v) is 4.74. The summed E-state index contributed by atoms with van der Waals surface area (Å²) in [5.41, 5.74) is 3.48. The number of benzene rings is 1. The summed E-state index contributed by atoms with van der Waals surface area (Å²) in [6.45, 7) is 8.56. The average Bonchev–Trinajstić information content (AvgIpc) is 2.37. The molecule has 0 unspecified atom stereocenters. The van der Waals surface area contributed by atoms with Crippen molar-refractivity contribution in [2.45, 2.75) is 34.1 Å². The van der Waals surface area contributed by atoms with Crippen molar-refractivity contribution in [2.75, 3.05) is 0 Å². The summed E-state index contributed by atoms with van der Waals surface area (Å²) in [6.07, 6.45) is 5.26. The molecule has 2 rings (SSSR count). The van der Waals surface area contributed by atoms with Crippen molar-refractivity contribution in [3.05, 3.63) is 35.9 Å². The van der Waals surface area contributed by atoms with Crippen LogP contribution in [-0.4, -0.2) is 5.71 Å². The molecule has 0 radical (unpaired) electrons. The van der Waals surface area contributed by atoms with E-state index in [4.69, 9.17) is 0 Å². The van der Waals surface area contributed by atoms with E-state index in [0.29, 0.717) is 0 Å². The highest BCUT2D eigenvalue weighted by molar-refractivity contribution is 5.89. The Morgan fingerprint density at radius 1 is 1.12 bits per heavy atom. The third kappa shape index (κ3) is 4.43. The number of hydrogen-bond acceptors (Lipinski definition) is 1. The first kappa shape index (κ1) is 12.7. The van der Waals surface area contributed by atoms with Gasteiger partial charge in [-0.05, 0) is 24.5 Å². The molecule has 16 heavy (non-hydrogen) atoms. The Labute approximate surface area is 98.9 Å². The number of rotatable bonds is 0. The van der Waals surface area contributed by atoms with E-state index in [0.717, 1.165) is 18.0 Å². The van der Waals surface area contributed by atoms with Crippen molar-refractivity contribution >= 4 is 17.5 Å². The van der Waals surface area contributed by atoms with Gasteiger partial charge in [0, 0.05) is 12.1 Å². The van der Waals surface area contributed by atoms with Crippen LogP contribution in [0.2, 0.25) is 0 Å². The van der Waals surface area contributed by atoms with Crippen LogP contribution in [0.5, 0.6) is 0 Å². The summed E-state index contributed by atoms with van der Waals surface area (Å²) < 4.78 is 0. The lowest BCUT2D eigenvalue weighted by atomic mass is 10.2. The van der Waals surface area contributed by atoms with Crippen molar-refractivity contribution < 1.29 is 0 Å². The molecule has 0 N–H and O–H groups in total. The zero-order valence-electron chi connectivity index (χ0n) is 10.7. The number of allylic oxidation sites excluding steroid dienone is 1. The molecule has 0 aliphatic carbocycles. The minimum absolute atomic E-state index is 0.833. The molecule has 86 valence electrons. The van der Waals surface area contributed by atoms with E-state index in [1.54, 1.807) is 0 Å². The zero-order valence-corrected chi connectivity index (χ0v) is 10.7. The van der Waals surface area contributed by atoms with Gasteiger partial charge in [0.2, 0.25) is 0 Å². The number of nitrogens with zero attached hydrogens (tertiary/aromatic N) is 1. The zero-order chi connectivity index (χ0) is 12.0. The maximum Gasteiger partial charge on any atom is 0.0701 e. The molecule has 1 nitrogen and oxygen atoms in total. The fourth-order valence-electron chi connectivity index (χ4n) is 1.34. The molecule has 0 saturated heterocycles. The number of fused-ring (bicyclic) bond motifs is 1. The van der Waals surface area contributed by atoms with Gasteiger partial charge >= 0.3 is 0 Å². The molecule has 0 aromatic heterocycles. The standard InChI is InChI=1S/C11H11N.C4H10/c1-9-5-4-7-10-6-2-3-8-11(10)12-9;1-4(2)3/h2-4,6-8H,5H2,1H3;4H,1-3H3. The summed E-state index contributed by atoms with van der Waals surface area (Å²) in [7, 11) is 0. The molecule has 0 bridgehead atoms. The third-order valence-corrected chi connectivity index (χ3v) is 1.96. The van der Waals surface area contributed by atoms with Crippen LogP contribution in [0.25, 0.3) is 6.08 Å². The maximum absolute atomic E-state index is 4.49. The molecule has 0 amide bonds. The molecule has 1 aliphatic heterocycles. The van der Waals surface area contributed by atoms with Crippen LogP contribution in [0, 0.1) is 5.92 Å². The lowest BCUT2D eigenvalue weighted by Gasteiger charge is -1.97. The first-order valence-corrected chi connectivity index (χ1v) is 5.89. The highest BCUT2D eigenvalue weighted by Crippen LogP contribution is 2.23. The van der Waals surface area contributed by atoms with Crippen LogP contribution in [-0.2, 0) is 0 Å². The molecule has 1 heteroatoms. The highest BCUT2D eigenvalue weighted by atomic mass is 14.7. The second-order valence-electron chi connectivity index (χ2n) is 4.74. The van der Waals surface area contributed by atoms with E-state index in [1.807, 2.05) is 12.1 Å². The van der Waals surface area contributed by atoms with E-state index in [1.165, 1.54) is 11.3 Å². The minimum Gasteiger partial charge on any atom is -0.257 e. The van der Waals surface area contributed by atoms with Crippen molar-refractivity contribution in [3.63, 3.8) is 0 Å². The molecule has 1 aromatic carbocycles. The molecule has 0 saturated carbocycles. The normalized spacial score (nSPS) is 13.4. The van der Waals surface area contributed by atoms with Gasteiger partial charge in [-0.2, -0.15) is 0 Å². The predicted octanol–water partition coefficient (Wildman–Crippen LogP) is 4.86. The predicted molar refractivity (Wildman–Crippen MR) is 73.4 cm³/mol. The molecular weight excluding hydrogens is 194 g/mol. The smallest absolute Gasteiger partial charge is 0.0701 e.